The van der Waals surface area contributed by atoms with E-state index >= 15 is 0 Å². The van der Waals surface area contributed by atoms with Crippen LogP contribution in [0.25, 0.3) is 0 Å². The summed E-state index contributed by atoms with van der Waals surface area (Å²) in [5, 5.41) is 0.0187. The molecule has 0 bridgehead atoms. The van der Waals surface area contributed by atoms with E-state index in [0.29, 0.717) is 6.04 Å². The van der Waals surface area contributed by atoms with Crippen LogP contribution in [0.15, 0.2) is 0 Å². The van der Waals surface area contributed by atoms with Crippen LogP contribution >= 0.6 is 11.6 Å². The van der Waals surface area contributed by atoms with E-state index < -0.39 is 8.80 Å². The third-order valence-electron chi connectivity index (χ3n) is 3.74. The lowest BCUT2D eigenvalue weighted by molar-refractivity contribution is 0.0555. The van der Waals surface area contributed by atoms with Gasteiger partial charge in [-0.05, 0) is 26.2 Å². The smallest absolute Gasteiger partial charge is 0.373 e. The summed E-state index contributed by atoms with van der Waals surface area (Å²) in [5.74, 6) is 0. The van der Waals surface area contributed by atoms with E-state index in [2.05, 4.69) is 20.8 Å². The maximum Gasteiger partial charge on any atom is 0.502 e. The van der Waals surface area contributed by atoms with Crippen molar-refractivity contribution >= 4 is 20.4 Å². The van der Waals surface area contributed by atoms with Crippen molar-refractivity contribution in [2.45, 2.75) is 96.9 Å². The molecule has 0 aromatic carbocycles. The van der Waals surface area contributed by atoms with E-state index in [1.807, 2.05) is 6.92 Å². The van der Waals surface area contributed by atoms with Crippen LogP contribution in [-0.2, 0) is 13.3 Å². The second-order valence-electron chi connectivity index (χ2n) is 6.33. The number of halogens is 1. The lowest BCUT2D eigenvalue weighted by atomic mass is 10.3. The Morgan fingerprint density at radius 3 is 1.30 bits per heavy atom. The molecule has 1 atom stereocenters. The van der Waals surface area contributed by atoms with Gasteiger partial charge in [0.15, 0.2) is 0 Å². The standard InChI is InChI=1S/C18H39ClO3Si/c1-5-8-11-14-20-23(17-18(4)19,21-15-12-9-6-2)22-16-13-10-7-3/h18H,5-17H2,1-4H3. The summed E-state index contributed by atoms with van der Waals surface area (Å²) in [5.41, 5.74) is 0. The maximum absolute atomic E-state index is 6.28. The quantitative estimate of drug-likeness (QED) is 0.175. The van der Waals surface area contributed by atoms with Gasteiger partial charge in [0.2, 0.25) is 0 Å². The Hall–Kier alpha value is 0.387. The molecule has 0 N–H and O–H groups in total. The summed E-state index contributed by atoms with van der Waals surface area (Å²) in [4.78, 5) is 0. The SMILES string of the molecule is CCCCCO[Si](CC(C)Cl)(OCCCCC)OCCCCC. The largest absolute Gasteiger partial charge is 0.502 e. The number of hydrogen-bond donors (Lipinski definition) is 0. The predicted octanol–water partition coefficient (Wildman–Crippen LogP) is 6.17. The maximum atomic E-state index is 6.28. The summed E-state index contributed by atoms with van der Waals surface area (Å²) in [6.07, 6.45) is 10.3. The van der Waals surface area contributed by atoms with Crippen LogP contribution in [-0.4, -0.2) is 34.0 Å². The van der Waals surface area contributed by atoms with Gasteiger partial charge in [-0.15, -0.1) is 11.6 Å². The molecule has 5 heteroatoms. The molecule has 1 unspecified atom stereocenters. The van der Waals surface area contributed by atoms with Crippen molar-refractivity contribution in [3.63, 3.8) is 0 Å². The van der Waals surface area contributed by atoms with Gasteiger partial charge >= 0.3 is 8.80 Å². The highest BCUT2D eigenvalue weighted by atomic mass is 35.5. The van der Waals surface area contributed by atoms with Crippen LogP contribution in [0.3, 0.4) is 0 Å². The van der Waals surface area contributed by atoms with Gasteiger partial charge in [-0.3, -0.25) is 0 Å². The summed E-state index contributed by atoms with van der Waals surface area (Å²) >= 11 is 6.28. The summed E-state index contributed by atoms with van der Waals surface area (Å²) < 4.78 is 18.6. The highest BCUT2D eigenvalue weighted by Gasteiger charge is 2.42. The molecule has 0 aliphatic rings. The van der Waals surface area contributed by atoms with Gasteiger partial charge < -0.3 is 13.3 Å². The molecule has 0 aliphatic heterocycles. The van der Waals surface area contributed by atoms with E-state index in [-0.39, 0.29) is 5.38 Å². The van der Waals surface area contributed by atoms with Gasteiger partial charge in [0, 0.05) is 31.2 Å². The van der Waals surface area contributed by atoms with Crippen molar-refractivity contribution < 1.29 is 13.3 Å². The zero-order valence-electron chi connectivity index (χ0n) is 15.9. The molecule has 0 heterocycles. The number of hydrogen-bond acceptors (Lipinski definition) is 3. The van der Waals surface area contributed by atoms with Crippen molar-refractivity contribution in [2.24, 2.45) is 0 Å². The fraction of sp³-hybridized carbons (Fsp3) is 1.00. The van der Waals surface area contributed by atoms with Gasteiger partial charge in [0.1, 0.15) is 0 Å². The molecule has 140 valence electrons. The first-order valence-corrected chi connectivity index (χ1v) is 12.0. The van der Waals surface area contributed by atoms with Crippen LogP contribution in [0.5, 0.6) is 0 Å². The molecule has 23 heavy (non-hydrogen) atoms. The van der Waals surface area contributed by atoms with Gasteiger partial charge in [-0.1, -0.05) is 59.3 Å². The number of rotatable bonds is 17. The average molecular weight is 367 g/mol. The molecule has 0 aliphatic carbocycles. The Morgan fingerprint density at radius 1 is 0.696 bits per heavy atom. The zero-order chi connectivity index (χ0) is 17.4. The minimum atomic E-state index is -2.64. The molecule has 0 fully saturated rings. The summed E-state index contributed by atoms with van der Waals surface area (Å²) in [6, 6.07) is 0.707. The van der Waals surface area contributed by atoms with Crippen LogP contribution in [0.1, 0.15) is 85.5 Å². The Labute approximate surface area is 150 Å². The summed E-state index contributed by atoms with van der Waals surface area (Å²) in [7, 11) is -2.64. The van der Waals surface area contributed by atoms with Gasteiger partial charge in [0.25, 0.3) is 0 Å². The van der Waals surface area contributed by atoms with E-state index in [9.17, 15) is 0 Å². The fourth-order valence-electron chi connectivity index (χ4n) is 2.39. The molecule has 0 spiro atoms. The second-order valence-corrected chi connectivity index (χ2v) is 9.72. The van der Waals surface area contributed by atoms with E-state index in [0.717, 1.165) is 39.1 Å². The van der Waals surface area contributed by atoms with E-state index in [1.54, 1.807) is 0 Å². The first kappa shape index (κ1) is 23.4. The molecular weight excluding hydrogens is 328 g/mol. The Kier molecular flexibility index (Phi) is 16.2. The zero-order valence-corrected chi connectivity index (χ0v) is 17.6. The normalized spacial score (nSPS) is 13.4. The monoisotopic (exact) mass is 366 g/mol. The molecule has 0 rings (SSSR count). The number of alkyl halides is 1. The van der Waals surface area contributed by atoms with Crippen LogP contribution in [0.4, 0.5) is 0 Å². The molecule has 0 saturated carbocycles. The Bertz CT molecular complexity index is 221. The van der Waals surface area contributed by atoms with Crippen molar-refractivity contribution in [1.29, 1.82) is 0 Å². The lowest BCUT2D eigenvalue weighted by Gasteiger charge is -2.31. The lowest BCUT2D eigenvalue weighted by Crippen LogP contribution is -2.48. The minimum absolute atomic E-state index is 0.0187. The first-order chi connectivity index (χ1) is 11.1. The van der Waals surface area contributed by atoms with E-state index in [1.165, 1.54) is 38.5 Å². The topological polar surface area (TPSA) is 27.7 Å². The first-order valence-electron chi connectivity index (χ1n) is 9.66. The molecule has 0 radical (unpaired) electrons. The van der Waals surface area contributed by atoms with Crippen molar-refractivity contribution in [3.8, 4) is 0 Å². The Morgan fingerprint density at radius 2 is 1.04 bits per heavy atom. The fourth-order valence-corrected chi connectivity index (χ4v) is 5.61. The minimum Gasteiger partial charge on any atom is -0.373 e. The second kappa shape index (κ2) is 15.9. The molecule has 0 saturated heterocycles. The van der Waals surface area contributed by atoms with Crippen LogP contribution < -0.4 is 0 Å². The van der Waals surface area contributed by atoms with Crippen molar-refractivity contribution in [3.05, 3.63) is 0 Å². The summed E-state index contributed by atoms with van der Waals surface area (Å²) in [6.45, 7) is 10.8. The van der Waals surface area contributed by atoms with Crippen LogP contribution in [0.2, 0.25) is 6.04 Å². The molecule has 0 amide bonds. The van der Waals surface area contributed by atoms with Gasteiger partial charge in [0.05, 0.1) is 0 Å². The molecule has 0 aromatic heterocycles. The molecule has 3 nitrogen and oxygen atoms in total. The van der Waals surface area contributed by atoms with E-state index in [4.69, 9.17) is 24.9 Å². The third kappa shape index (κ3) is 13.4. The van der Waals surface area contributed by atoms with Gasteiger partial charge in [-0.2, -0.15) is 0 Å². The van der Waals surface area contributed by atoms with Crippen molar-refractivity contribution in [2.75, 3.05) is 19.8 Å². The average Bonchev–Trinajstić information content (AvgIpc) is 2.52. The molecular formula is C18H39ClO3Si. The van der Waals surface area contributed by atoms with Crippen molar-refractivity contribution in [1.82, 2.24) is 0 Å². The Balaban J connectivity index is 4.58. The van der Waals surface area contributed by atoms with Gasteiger partial charge in [-0.25, -0.2) is 0 Å². The predicted molar refractivity (Wildman–Crippen MR) is 102 cm³/mol. The number of unbranched alkanes of at least 4 members (excludes halogenated alkanes) is 6. The highest BCUT2D eigenvalue weighted by molar-refractivity contribution is 6.61. The van der Waals surface area contributed by atoms with Crippen LogP contribution in [0, 0.1) is 0 Å². The third-order valence-corrected chi connectivity index (χ3v) is 7.20. The highest BCUT2D eigenvalue weighted by Crippen LogP contribution is 2.23. The molecule has 0 aromatic rings.